The summed E-state index contributed by atoms with van der Waals surface area (Å²) in [5.41, 5.74) is 5.50. The largest absolute Gasteiger partial charge is 0.392 e. The van der Waals surface area contributed by atoms with Gasteiger partial charge in [-0.25, -0.2) is 0 Å². The van der Waals surface area contributed by atoms with E-state index in [0.717, 1.165) is 25.9 Å². The molecule has 0 radical (unpaired) electrons. The van der Waals surface area contributed by atoms with Gasteiger partial charge in [0.25, 0.3) is 0 Å². The SMILES string of the molecule is CCOCC(=O)NC1CCN(CC(N)=S)CC1. The number of amides is 1. The first-order valence-electron chi connectivity index (χ1n) is 5.99. The van der Waals surface area contributed by atoms with Crippen LogP contribution in [0.5, 0.6) is 0 Å². The minimum absolute atomic E-state index is 0.0281. The second-order valence-electron chi connectivity index (χ2n) is 4.22. The molecule has 0 bridgehead atoms. The summed E-state index contributed by atoms with van der Waals surface area (Å²) in [6.07, 6.45) is 1.89. The molecular formula is C11H21N3O2S. The third-order valence-corrected chi connectivity index (χ3v) is 2.90. The van der Waals surface area contributed by atoms with Gasteiger partial charge in [-0.2, -0.15) is 0 Å². The quantitative estimate of drug-likeness (QED) is 0.652. The molecule has 98 valence electrons. The standard InChI is InChI=1S/C11H21N3O2S/c1-2-16-8-11(15)13-9-3-5-14(6-4-9)7-10(12)17/h9H,2-8H2,1H3,(H2,12,17)(H,13,15). The Morgan fingerprint density at radius 3 is 2.71 bits per heavy atom. The lowest BCUT2D eigenvalue weighted by molar-refractivity contribution is -0.126. The van der Waals surface area contributed by atoms with E-state index in [4.69, 9.17) is 22.7 Å². The van der Waals surface area contributed by atoms with E-state index in [0.29, 0.717) is 18.1 Å². The van der Waals surface area contributed by atoms with Crippen LogP contribution >= 0.6 is 12.2 Å². The van der Waals surface area contributed by atoms with Crippen molar-refractivity contribution in [1.29, 1.82) is 0 Å². The van der Waals surface area contributed by atoms with Gasteiger partial charge in [-0.15, -0.1) is 0 Å². The van der Waals surface area contributed by atoms with E-state index in [1.54, 1.807) is 0 Å². The van der Waals surface area contributed by atoms with Gasteiger partial charge < -0.3 is 15.8 Å². The lowest BCUT2D eigenvalue weighted by atomic mass is 10.1. The third-order valence-electron chi connectivity index (χ3n) is 2.77. The first kappa shape index (κ1) is 14.3. The average Bonchev–Trinajstić information content (AvgIpc) is 2.28. The highest BCUT2D eigenvalue weighted by Gasteiger charge is 2.20. The number of likely N-dealkylation sites (tertiary alicyclic amines) is 1. The van der Waals surface area contributed by atoms with Crippen LogP contribution in [0.4, 0.5) is 0 Å². The second kappa shape index (κ2) is 7.58. The number of carbonyl (C=O) groups excluding carboxylic acids is 1. The summed E-state index contributed by atoms with van der Waals surface area (Å²) < 4.78 is 5.05. The molecule has 0 atom stereocenters. The van der Waals surface area contributed by atoms with Crippen molar-refractivity contribution in [3.8, 4) is 0 Å². The molecule has 3 N–H and O–H groups in total. The molecule has 17 heavy (non-hydrogen) atoms. The molecule has 0 aliphatic carbocycles. The Kier molecular flexibility index (Phi) is 6.39. The number of nitrogens with two attached hydrogens (primary N) is 1. The van der Waals surface area contributed by atoms with Crippen molar-refractivity contribution < 1.29 is 9.53 Å². The van der Waals surface area contributed by atoms with Crippen LogP contribution in [0.25, 0.3) is 0 Å². The second-order valence-corrected chi connectivity index (χ2v) is 4.75. The van der Waals surface area contributed by atoms with Gasteiger partial charge in [0.1, 0.15) is 6.61 Å². The maximum absolute atomic E-state index is 11.4. The van der Waals surface area contributed by atoms with Crippen LogP contribution in [0.2, 0.25) is 0 Å². The molecule has 0 spiro atoms. The number of carbonyl (C=O) groups is 1. The number of ether oxygens (including phenoxy) is 1. The van der Waals surface area contributed by atoms with Gasteiger partial charge in [0.2, 0.25) is 5.91 Å². The molecule has 5 nitrogen and oxygen atoms in total. The molecule has 1 amide bonds. The molecule has 1 saturated heterocycles. The fourth-order valence-electron chi connectivity index (χ4n) is 1.92. The fraction of sp³-hybridized carbons (Fsp3) is 0.818. The van der Waals surface area contributed by atoms with E-state index in [-0.39, 0.29) is 18.6 Å². The van der Waals surface area contributed by atoms with Crippen molar-refractivity contribution in [2.45, 2.75) is 25.8 Å². The van der Waals surface area contributed by atoms with Crippen molar-refractivity contribution in [3.05, 3.63) is 0 Å². The zero-order valence-electron chi connectivity index (χ0n) is 10.3. The molecule has 6 heteroatoms. The Balaban J connectivity index is 2.18. The molecule has 0 aromatic rings. The third kappa shape index (κ3) is 5.95. The number of nitrogens with zero attached hydrogens (tertiary/aromatic N) is 1. The Bertz CT molecular complexity index is 265. The van der Waals surface area contributed by atoms with Gasteiger partial charge in [-0.05, 0) is 19.8 Å². The first-order chi connectivity index (χ1) is 8.11. The number of rotatable bonds is 6. The smallest absolute Gasteiger partial charge is 0.246 e. The summed E-state index contributed by atoms with van der Waals surface area (Å²) in [5.74, 6) is -0.0281. The zero-order valence-corrected chi connectivity index (χ0v) is 11.1. The lowest BCUT2D eigenvalue weighted by Crippen LogP contribution is -2.47. The topological polar surface area (TPSA) is 67.6 Å². The van der Waals surface area contributed by atoms with E-state index >= 15 is 0 Å². The number of hydrogen-bond acceptors (Lipinski definition) is 4. The highest BCUT2D eigenvalue weighted by atomic mass is 32.1. The monoisotopic (exact) mass is 259 g/mol. The van der Waals surface area contributed by atoms with Crippen LogP contribution in [-0.2, 0) is 9.53 Å². The Morgan fingerprint density at radius 1 is 1.53 bits per heavy atom. The van der Waals surface area contributed by atoms with Gasteiger partial charge >= 0.3 is 0 Å². The minimum atomic E-state index is -0.0281. The molecule has 1 aliphatic heterocycles. The van der Waals surface area contributed by atoms with Crippen molar-refractivity contribution in [2.75, 3.05) is 32.8 Å². The Hall–Kier alpha value is -0.720. The fourth-order valence-corrected chi connectivity index (χ4v) is 2.10. The van der Waals surface area contributed by atoms with Crippen molar-refractivity contribution in [1.82, 2.24) is 10.2 Å². The van der Waals surface area contributed by atoms with Crippen LogP contribution in [0.1, 0.15) is 19.8 Å². The Morgan fingerprint density at radius 2 is 2.18 bits per heavy atom. The van der Waals surface area contributed by atoms with Crippen LogP contribution < -0.4 is 11.1 Å². The summed E-state index contributed by atoms with van der Waals surface area (Å²) in [6, 6.07) is 0.255. The summed E-state index contributed by atoms with van der Waals surface area (Å²) in [6.45, 7) is 5.13. The lowest BCUT2D eigenvalue weighted by Gasteiger charge is -2.31. The van der Waals surface area contributed by atoms with Gasteiger partial charge in [0.15, 0.2) is 0 Å². The zero-order chi connectivity index (χ0) is 12.7. The van der Waals surface area contributed by atoms with Crippen molar-refractivity contribution >= 4 is 23.1 Å². The van der Waals surface area contributed by atoms with E-state index in [1.807, 2.05) is 6.92 Å². The summed E-state index contributed by atoms with van der Waals surface area (Å²) in [5, 5.41) is 2.97. The van der Waals surface area contributed by atoms with Gasteiger partial charge in [0, 0.05) is 32.3 Å². The van der Waals surface area contributed by atoms with Crippen LogP contribution in [0.3, 0.4) is 0 Å². The molecular weight excluding hydrogens is 238 g/mol. The Labute approximate surface area is 108 Å². The molecule has 1 heterocycles. The van der Waals surface area contributed by atoms with Gasteiger partial charge in [-0.1, -0.05) is 12.2 Å². The summed E-state index contributed by atoms with van der Waals surface area (Å²) >= 11 is 4.87. The molecule has 1 rings (SSSR count). The maximum Gasteiger partial charge on any atom is 0.246 e. The van der Waals surface area contributed by atoms with Crippen molar-refractivity contribution in [2.24, 2.45) is 5.73 Å². The number of hydrogen-bond donors (Lipinski definition) is 2. The van der Waals surface area contributed by atoms with Crippen molar-refractivity contribution in [3.63, 3.8) is 0 Å². The predicted molar refractivity (Wildman–Crippen MR) is 70.9 cm³/mol. The molecule has 0 aromatic heterocycles. The maximum atomic E-state index is 11.4. The van der Waals surface area contributed by atoms with Gasteiger partial charge in [0.05, 0.1) is 4.99 Å². The summed E-state index contributed by atoms with van der Waals surface area (Å²) in [7, 11) is 0. The molecule has 1 aliphatic rings. The van der Waals surface area contributed by atoms with Crippen LogP contribution in [0.15, 0.2) is 0 Å². The van der Waals surface area contributed by atoms with E-state index in [2.05, 4.69) is 10.2 Å². The average molecular weight is 259 g/mol. The summed E-state index contributed by atoms with van der Waals surface area (Å²) in [4.78, 5) is 14.2. The first-order valence-corrected chi connectivity index (χ1v) is 6.40. The van der Waals surface area contributed by atoms with Crippen LogP contribution in [-0.4, -0.2) is 54.7 Å². The number of nitrogens with one attached hydrogen (secondary N) is 1. The molecule has 0 unspecified atom stereocenters. The molecule has 0 aromatic carbocycles. The molecule has 1 fully saturated rings. The predicted octanol–water partition coefficient (Wildman–Crippen LogP) is -0.110. The van der Waals surface area contributed by atoms with E-state index in [9.17, 15) is 4.79 Å². The highest BCUT2D eigenvalue weighted by Crippen LogP contribution is 2.09. The van der Waals surface area contributed by atoms with E-state index < -0.39 is 0 Å². The number of piperidine rings is 1. The minimum Gasteiger partial charge on any atom is -0.392 e. The van der Waals surface area contributed by atoms with Crippen LogP contribution in [0, 0.1) is 0 Å². The normalized spacial score (nSPS) is 17.9. The van der Waals surface area contributed by atoms with Gasteiger partial charge in [-0.3, -0.25) is 9.69 Å². The number of thiocarbonyl (C=S) groups is 1. The van der Waals surface area contributed by atoms with E-state index in [1.165, 1.54) is 0 Å². The highest BCUT2D eigenvalue weighted by molar-refractivity contribution is 7.80. The molecule has 0 saturated carbocycles.